The van der Waals surface area contributed by atoms with Gasteiger partial charge in [-0.3, -0.25) is 9.10 Å². The van der Waals surface area contributed by atoms with E-state index in [1.807, 2.05) is 0 Å². The highest BCUT2D eigenvalue weighted by Crippen LogP contribution is 2.31. The van der Waals surface area contributed by atoms with Crippen LogP contribution in [0.15, 0.2) is 36.4 Å². The van der Waals surface area contributed by atoms with Gasteiger partial charge in [0.05, 0.1) is 16.5 Å². The highest BCUT2D eigenvalue weighted by atomic mass is 35.5. The number of benzene rings is 2. The number of hydrogen-bond acceptors (Lipinski definition) is 4. The molecule has 5 nitrogen and oxygen atoms in total. The van der Waals surface area contributed by atoms with Crippen LogP contribution in [-0.2, 0) is 16.4 Å². The number of nitrogens with zero attached hydrogens (tertiary/aromatic N) is 1. The van der Waals surface area contributed by atoms with Gasteiger partial charge >= 0.3 is 0 Å². The molecule has 8 heteroatoms. The van der Waals surface area contributed by atoms with Crippen LogP contribution in [0.4, 0.5) is 10.1 Å². The lowest BCUT2D eigenvalue weighted by Gasteiger charge is -2.18. The quantitative estimate of drug-likeness (QED) is 0.700. The van der Waals surface area contributed by atoms with Gasteiger partial charge in [0.2, 0.25) is 10.0 Å². The molecule has 0 bridgehead atoms. The Balaban J connectivity index is 1.74. The Morgan fingerprint density at radius 1 is 1.27 bits per heavy atom. The van der Waals surface area contributed by atoms with Gasteiger partial charge in [-0.05, 0) is 55.3 Å². The number of anilines is 1. The van der Waals surface area contributed by atoms with Crippen molar-refractivity contribution in [2.24, 2.45) is 0 Å². The summed E-state index contributed by atoms with van der Waals surface area (Å²) in [5.41, 5.74) is 1.86. The van der Waals surface area contributed by atoms with Crippen molar-refractivity contribution in [3.05, 3.63) is 58.4 Å². The molecule has 1 aliphatic rings. The zero-order chi connectivity index (χ0) is 18.9. The van der Waals surface area contributed by atoms with Crippen LogP contribution in [0.2, 0.25) is 5.02 Å². The number of halogens is 2. The molecule has 2 aromatic carbocycles. The van der Waals surface area contributed by atoms with Gasteiger partial charge in [0.25, 0.3) is 0 Å². The summed E-state index contributed by atoms with van der Waals surface area (Å²) in [5.74, 6) is -0.508. The van der Waals surface area contributed by atoms with Gasteiger partial charge in [0.1, 0.15) is 11.6 Å². The Morgan fingerprint density at radius 3 is 2.73 bits per heavy atom. The van der Waals surface area contributed by atoms with Crippen molar-refractivity contribution >= 4 is 33.1 Å². The molecule has 0 saturated heterocycles. The van der Waals surface area contributed by atoms with E-state index < -0.39 is 15.8 Å². The molecule has 0 unspecified atom stereocenters. The van der Waals surface area contributed by atoms with Crippen molar-refractivity contribution in [3.8, 4) is 5.75 Å². The summed E-state index contributed by atoms with van der Waals surface area (Å²) in [6.45, 7) is 1.73. The van der Waals surface area contributed by atoms with Crippen molar-refractivity contribution < 1.29 is 22.3 Å². The van der Waals surface area contributed by atoms with Crippen molar-refractivity contribution in [1.29, 1.82) is 0 Å². The highest BCUT2D eigenvalue weighted by Gasteiger charge is 2.28. The normalized spacial score (nSPS) is 13.6. The lowest BCUT2D eigenvalue weighted by molar-refractivity contribution is 0.0921. The highest BCUT2D eigenvalue weighted by molar-refractivity contribution is 7.92. The number of sulfonamides is 1. The third-order valence-corrected chi connectivity index (χ3v) is 6.28. The molecule has 0 radical (unpaired) electrons. The van der Waals surface area contributed by atoms with Crippen molar-refractivity contribution in [2.45, 2.75) is 13.3 Å². The monoisotopic (exact) mass is 397 g/mol. The average Bonchev–Trinajstić information content (AvgIpc) is 3.04. The number of hydrogen-bond donors (Lipinski definition) is 0. The molecule has 0 fully saturated rings. The van der Waals surface area contributed by atoms with E-state index in [-0.39, 0.29) is 28.9 Å². The van der Waals surface area contributed by atoms with Crippen LogP contribution in [0.5, 0.6) is 5.75 Å². The number of carbonyl (C=O) groups excluding carboxylic acids is 1. The zero-order valence-corrected chi connectivity index (χ0v) is 15.6. The first-order valence-electron chi connectivity index (χ1n) is 8.06. The third kappa shape index (κ3) is 3.68. The van der Waals surface area contributed by atoms with E-state index in [0.29, 0.717) is 24.2 Å². The maximum Gasteiger partial charge on any atom is 0.234 e. The van der Waals surface area contributed by atoms with Crippen LogP contribution in [0.1, 0.15) is 22.8 Å². The van der Waals surface area contributed by atoms with Crippen LogP contribution >= 0.6 is 11.6 Å². The number of carbonyl (C=O) groups is 1. The molecular formula is C18H17ClFNO4S. The summed E-state index contributed by atoms with van der Waals surface area (Å²) >= 11 is 5.87. The molecule has 1 aliphatic heterocycles. The molecule has 0 saturated carbocycles. The van der Waals surface area contributed by atoms with Crippen LogP contribution in [0.25, 0.3) is 0 Å². The first kappa shape index (κ1) is 18.7. The van der Waals surface area contributed by atoms with E-state index in [0.717, 1.165) is 11.6 Å². The molecule has 3 rings (SSSR count). The van der Waals surface area contributed by atoms with Crippen molar-refractivity contribution in [1.82, 2.24) is 0 Å². The SMILES string of the molecule is CCS(=O)(=O)N1CCc2cc(C(=O)COc3ccc(F)cc3Cl)ccc21. The van der Waals surface area contributed by atoms with E-state index in [2.05, 4.69) is 0 Å². The Hall–Kier alpha value is -2.12. The smallest absolute Gasteiger partial charge is 0.234 e. The minimum atomic E-state index is -3.32. The number of ether oxygens (including phenoxy) is 1. The third-order valence-electron chi connectivity index (χ3n) is 4.21. The Bertz CT molecular complexity index is 962. The van der Waals surface area contributed by atoms with Crippen molar-refractivity contribution in [3.63, 3.8) is 0 Å². The summed E-state index contributed by atoms with van der Waals surface area (Å²) in [6.07, 6.45) is 0.556. The first-order chi connectivity index (χ1) is 12.3. The maximum atomic E-state index is 13.0. The zero-order valence-electron chi connectivity index (χ0n) is 14.0. The van der Waals surface area contributed by atoms with E-state index in [9.17, 15) is 17.6 Å². The second-order valence-corrected chi connectivity index (χ2v) is 8.44. The number of Topliss-reactive ketones (excluding diaryl/α,β-unsaturated/α-hetero) is 1. The summed E-state index contributed by atoms with van der Waals surface area (Å²) in [5, 5.41) is 0.0900. The van der Waals surface area contributed by atoms with E-state index in [1.54, 1.807) is 25.1 Å². The predicted molar refractivity (Wildman–Crippen MR) is 98.2 cm³/mol. The minimum absolute atomic E-state index is 0.0272. The maximum absolute atomic E-state index is 13.0. The Labute approximate surface area is 156 Å². The average molecular weight is 398 g/mol. The lowest BCUT2D eigenvalue weighted by atomic mass is 10.1. The lowest BCUT2D eigenvalue weighted by Crippen LogP contribution is -2.30. The molecule has 1 heterocycles. The molecule has 0 aliphatic carbocycles. The topological polar surface area (TPSA) is 63.7 Å². The fraction of sp³-hybridized carbons (Fsp3) is 0.278. The van der Waals surface area contributed by atoms with E-state index in [1.165, 1.54) is 16.4 Å². The second-order valence-electron chi connectivity index (χ2n) is 5.85. The summed E-state index contributed by atoms with van der Waals surface area (Å²) in [7, 11) is -3.32. The van der Waals surface area contributed by atoms with Crippen LogP contribution in [0, 0.1) is 5.82 Å². The first-order valence-corrected chi connectivity index (χ1v) is 10.0. The second kappa shape index (κ2) is 7.25. The van der Waals surface area contributed by atoms with Crippen LogP contribution in [-0.4, -0.2) is 33.1 Å². The van der Waals surface area contributed by atoms with Gasteiger partial charge in [-0.15, -0.1) is 0 Å². The summed E-state index contributed by atoms with van der Waals surface area (Å²) in [6, 6.07) is 8.59. The molecule has 0 N–H and O–H groups in total. The predicted octanol–water partition coefficient (Wildman–Crippen LogP) is 3.45. The number of fused-ring (bicyclic) bond motifs is 1. The van der Waals surface area contributed by atoms with Gasteiger partial charge in [-0.1, -0.05) is 11.6 Å². The number of rotatable bonds is 6. The molecule has 0 spiro atoms. The Kier molecular flexibility index (Phi) is 5.20. The summed E-state index contributed by atoms with van der Waals surface area (Å²) < 4.78 is 44.0. The molecule has 26 heavy (non-hydrogen) atoms. The van der Waals surface area contributed by atoms with Crippen LogP contribution in [0.3, 0.4) is 0 Å². The molecule has 0 amide bonds. The molecule has 0 atom stereocenters. The van der Waals surface area contributed by atoms with Gasteiger partial charge in [0.15, 0.2) is 12.4 Å². The van der Waals surface area contributed by atoms with Gasteiger partial charge in [0, 0.05) is 12.1 Å². The van der Waals surface area contributed by atoms with Crippen LogP contribution < -0.4 is 9.04 Å². The molecule has 2 aromatic rings. The molecule has 0 aromatic heterocycles. The van der Waals surface area contributed by atoms with Gasteiger partial charge in [-0.2, -0.15) is 0 Å². The molecular weight excluding hydrogens is 381 g/mol. The fourth-order valence-corrected chi connectivity index (χ4v) is 4.19. The van der Waals surface area contributed by atoms with Gasteiger partial charge in [-0.25, -0.2) is 12.8 Å². The van der Waals surface area contributed by atoms with Gasteiger partial charge < -0.3 is 4.74 Å². The summed E-state index contributed by atoms with van der Waals surface area (Å²) in [4.78, 5) is 12.4. The minimum Gasteiger partial charge on any atom is -0.484 e. The Morgan fingerprint density at radius 2 is 2.04 bits per heavy atom. The molecule has 138 valence electrons. The van der Waals surface area contributed by atoms with Crippen molar-refractivity contribution in [2.75, 3.05) is 23.2 Å². The standard InChI is InChI=1S/C18H17ClFNO4S/c1-2-26(23,24)21-8-7-12-9-13(3-5-16(12)21)17(22)11-25-18-6-4-14(20)10-15(18)19/h3-6,9-10H,2,7-8,11H2,1H3. The fourth-order valence-electron chi connectivity index (χ4n) is 2.81. The van der Waals surface area contributed by atoms with E-state index in [4.69, 9.17) is 16.3 Å². The number of ketones is 1. The largest absolute Gasteiger partial charge is 0.484 e. The van der Waals surface area contributed by atoms with E-state index >= 15 is 0 Å².